The zero-order valence-electron chi connectivity index (χ0n) is 13.1. The fourth-order valence-corrected chi connectivity index (χ4v) is 3.89. The van der Waals surface area contributed by atoms with Crippen LogP contribution in [0, 0.1) is 5.92 Å². The molecular weight excluding hydrogens is 256 g/mol. The maximum Gasteiger partial charge on any atom is 0.0200 e. The van der Waals surface area contributed by atoms with E-state index in [1.807, 2.05) is 0 Å². The SMILES string of the molecule is NC(CNC1CCCCCCC1)C1CC1c1ccccc1. The van der Waals surface area contributed by atoms with Crippen molar-refractivity contribution >= 4 is 0 Å². The summed E-state index contributed by atoms with van der Waals surface area (Å²) >= 11 is 0. The van der Waals surface area contributed by atoms with E-state index < -0.39 is 0 Å². The van der Waals surface area contributed by atoms with Gasteiger partial charge in [-0.15, -0.1) is 0 Å². The second-order valence-electron chi connectivity index (χ2n) is 7.03. The van der Waals surface area contributed by atoms with Crippen LogP contribution in [0.1, 0.15) is 62.8 Å². The first kappa shape index (κ1) is 15.1. The van der Waals surface area contributed by atoms with E-state index in [-0.39, 0.29) is 0 Å². The number of hydrogen-bond acceptors (Lipinski definition) is 2. The standard InChI is InChI=1S/C19H30N2/c20-19(14-21-16-11-7-2-1-3-8-12-16)18-13-17(18)15-9-5-4-6-10-15/h4-6,9-10,16-19,21H,1-3,7-8,11-14,20H2. The van der Waals surface area contributed by atoms with Crippen LogP contribution in [0.5, 0.6) is 0 Å². The fraction of sp³-hybridized carbons (Fsp3) is 0.684. The van der Waals surface area contributed by atoms with E-state index in [9.17, 15) is 0 Å². The molecule has 0 bridgehead atoms. The minimum Gasteiger partial charge on any atom is -0.326 e. The summed E-state index contributed by atoms with van der Waals surface area (Å²) in [6.45, 7) is 0.999. The van der Waals surface area contributed by atoms with Crippen molar-refractivity contribution in [3.05, 3.63) is 35.9 Å². The van der Waals surface area contributed by atoms with Gasteiger partial charge in [0.15, 0.2) is 0 Å². The molecule has 116 valence electrons. The Hall–Kier alpha value is -0.860. The van der Waals surface area contributed by atoms with E-state index >= 15 is 0 Å². The average molecular weight is 286 g/mol. The van der Waals surface area contributed by atoms with Gasteiger partial charge in [0.25, 0.3) is 0 Å². The highest BCUT2D eigenvalue weighted by Gasteiger charge is 2.42. The quantitative estimate of drug-likeness (QED) is 0.863. The molecule has 0 heterocycles. The minimum atomic E-state index is 0.320. The number of hydrogen-bond donors (Lipinski definition) is 2. The zero-order chi connectivity index (χ0) is 14.5. The Labute approximate surface area is 129 Å². The van der Waals surface area contributed by atoms with E-state index in [0.717, 1.165) is 6.54 Å². The number of nitrogens with one attached hydrogen (secondary N) is 1. The van der Waals surface area contributed by atoms with Crippen molar-refractivity contribution in [2.75, 3.05) is 6.54 Å². The van der Waals surface area contributed by atoms with Crippen molar-refractivity contribution in [2.24, 2.45) is 11.7 Å². The average Bonchev–Trinajstić information content (AvgIpc) is 3.27. The molecule has 0 spiro atoms. The lowest BCUT2D eigenvalue weighted by atomic mass is 9.96. The summed E-state index contributed by atoms with van der Waals surface area (Å²) in [6.07, 6.45) is 11.0. The largest absolute Gasteiger partial charge is 0.326 e. The van der Waals surface area contributed by atoms with Crippen LogP contribution >= 0.6 is 0 Å². The first-order chi connectivity index (χ1) is 10.3. The molecule has 21 heavy (non-hydrogen) atoms. The Kier molecular flexibility index (Phi) is 5.32. The van der Waals surface area contributed by atoms with Crippen LogP contribution in [0.4, 0.5) is 0 Å². The molecule has 2 fully saturated rings. The number of benzene rings is 1. The lowest BCUT2D eigenvalue weighted by molar-refractivity contribution is 0.372. The summed E-state index contributed by atoms with van der Waals surface area (Å²) in [5, 5.41) is 3.76. The van der Waals surface area contributed by atoms with Crippen LogP contribution in [0.3, 0.4) is 0 Å². The van der Waals surface area contributed by atoms with Crippen LogP contribution in [-0.4, -0.2) is 18.6 Å². The van der Waals surface area contributed by atoms with E-state index in [1.54, 1.807) is 0 Å². The van der Waals surface area contributed by atoms with Crippen molar-refractivity contribution in [3.8, 4) is 0 Å². The summed E-state index contributed by atoms with van der Waals surface area (Å²) in [7, 11) is 0. The van der Waals surface area contributed by atoms with Gasteiger partial charge in [-0.2, -0.15) is 0 Å². The summed E-state index contributed by atoms with van der Waals surface area (Å²) in [4.78, 5) is 0. The van der Waals surface area contributed by atoms with Crippen molar-refractivity contribution < 1.29 is 0 Å². The van der Waals surface area contributed by atoms with E-state index in [0.29, 0.717) is 23.9 Å². The smallest absolute Gasteiger partial charge is 0.0200 e. The van der Waals surface area contributed by atoms with Gasteiger partial charge in [-0.05, 0) is 36.7 Å². The van der Waals surface area contributed by atoms with Crippen molar-refractivity contribution in [2.45, 2.75) is 69.4 Å². The molecule has 1 aromatic carbocycles. The predicted octanol–water partition coefficient (Wildman–Crippen LogP) is 3.82. The molecule has 3 atom stereocenters. The number of rotatable bonds is 5. The molecule has 2 aliphatic rings. The molecule has 2 heteroatoms. The van der Waals surface area contributed by atoms with Crippen LogP contribution in [0.25, 0.3) is 0 Å². The Bertz CT molecular complexity index is 409. The molecule has 0 aromatic heterocycles. The van der Waals surface area contributed by atoms with E-state index in [1.165, 1.54) is 56.9 Å². The third-order valence-corrected chi connectivity index (χ3v) is 5.36. The van der Waals surface area contributed by atoms with Gasteiger partial charge in [0.05, 0.1) is 0 Å². The highest BCUT2D eigenvalue weighted by Crippen LogP contribution is 2.48. The number of nitrogens with two attached hydrogens (primary N) is 1. The van der Waals surface area contributed by atoms with E-state index in [4.69, 9.17) is 5.73 Å². The van der Waals surface area contributed by atoms with Crippen molar-refractivity contribution in [3.63, 3.8) is 0 Å². The summed E-state index contributed by atoms with van der Waals surface area (Å²) in [5.41, 5.74) is 7.91. The lowest BCUT2D eigenvalue weighted by Gasteiger charge is -2.23. The van der Waals surface area contributed by atoms with E-state index in [2.05, 4.69) is 35.6 Å². The molecule has 3 unspecified atom stereocenters. The Balaban J connectivity index is 1.41. The summed E-state index contributed by atoms with van der Waals surface area (Å²) < 4.78 is 0. The van der Waals surface area contributed by atoms with Crippen LogP contribution < -0.4 is 11.1 Å². The first-order valence-corrected chi connectivity index (χ1v) is 8.88. The van der Waals surface area contributed by atoms with Gasteiger partial charge >= 0.3 is 0 Å². The fourth-order valence-electron chi connectivity index (χ4n) is 3.89. The van der Waals surface area contributed by atoms with Crippen molar-refractivity contribution in [1.29, 1.82) is 0 Å². The second-order valence-corrected chi connectivity index (χ2v) is 7.03. The predicted molar refractivity (Wildman–Crippen MR) is 89.4 cm³/mol. The molecule has 2 saturated carbocycles. The first-order valence-electron chi connectivity index (χ1n) is 8.88. The van der Waals surface area contributed by atoms with Gasteiger partial charge in [0, 0.05) is 18.6 Å². The normalized spacial score (nSPS) is 28.6. The van der Waals surface area contributed by atoms with Crippen molar-refractivity contribution in [1.82, 2.24) is 5.32 Å². The molecular formula is C19H30N2. The molecule has 2 nitrogen and oxygen atoms in total. The van der Waals surface area contributed by atoms with Gasteiger partial charge < -0.3 is 11.1 Å². The topological polar surface area (TPSA) is 38.0 Å². The third-order valence-electron chi connectivity index (χ3n) is 5.36. The third kappa shape index (κ3) is 4.31. The molecule has 0 amide bonds. The van der Waals surface area contributed by atoms with Crippen LogP contribution in [0.15, 0.2) is 30.3 Å². The van der Waals surface area contributed by atoms with Crippen LogP contribution in [-0.2, 0) is 0 Å². The molecule has 2 aliphatic carbocycles. The van der Waals surface area contributed by atoms with Gasteiger partial charge in [-0.25, -0.2) is 0 Å². The molecule has 3 N–H and O–H groups in total. The molecule has 0 aliphatic heterocycles. The molecule has 3 rings (SSSR count). The molecule has 0 radical (unpaired) electrons. The summed E-state index contributed by atoms with van der Waals surface area (Å²) in [6, 6.07) is 11.9. The Morgan fingerprint density at radius 1 is 1.00 bits per heavy atom. The van der Waals surface area contributed by atoms with Gasteiger partial charge in [0.2, 0.25) is 0 Å². The van der Waals surface area contributed by atoms with Crippen LogP contribution in [0.2, 0.25) is 0 Å². The monoisotopic (exact) mass is 286 g/mol. The highest BCUT2D eigenvalue weighted by atomic mass is 14.9. The second kappa shape index (κ2) is 7.42. The van der Waals surface area contributed by atoms with Gasteiger partial charge in [-0.3, -0.25) is 0 Å². The lowest BCUT2D eigenvalue weighted by Crippen LogP contribution is -2.41. The maximum absolute atomic E-state index is 6.43. The minimum absolute atomic E-state index is 0.320. The van der Waals surface area contributed by atoms with Gasteiger partial charge in [0.1, 0.15) is 0 Å². The molecule has 0 saturated heterocycles. The zero-order valence-corrected chi connectivity index (χ0v) is 13.1. The maximum atomic E-state index is 6.43. The van der Waals surface area contributed by atoms with Gasteiger partial charge in [-0.1, -0.05) is 62.4 Å². The Morgan fingerprint density at radius 2 is 1.67 bits per heavy atom. The summed E-state index contributed by atoms with van der Waals surface area (Å²) in [5.74, 6) is 1.40. The molecule has 1 aromatic rings. The highest BCUT2D eigenvalue weighted by molar-refractivity contribution is 5.26. The Morgan fingerprint density at radius 3 is 2.38 bits per heavy atom.